The molecule has 0 atom stereocenters. The van der Waals surface area contributed by atoms with E-state index in [4.69, 9.17) is 0 Å². The van der Waals surface area contributed by atoms with E-state index in [-0.39, 0.29) is 5.54 Å². The van der Waals surface area contributed by atoms with Crippen LogP contribution in [0, 0.1) is 0 Å². The molecule has 3 rings (SSSR count). The molecule has 1 aliphatic carbocycles. The van der Waals surface area contributed by atoms with E-state index in [0.717, 1.165) is 0 Å². The first kappa shape index (κ1) is 15.0. The van der Waals surface area contributed by atoms with Crippen LogP contribution in [0.4, 0.5) is 0 Å². The Morgan fingerprint density at radius 1 is 0.810 bits per heavy atom. The maximum atomic E-state index is 4.01. The molecule has 110 valence electrons. The molecule has 0 amide bonds. The summed E-state index contributed by atoms with van der Waals surface area (Å²) >= 11 is -2.24. The second-order valence-electron chi connectivity index (χ2n) is 7.70. The van der Waals surface area contributed by atoms with Crippen molar-refractivity contribution >= 4 is 0 Å². The first-order valence-electron chi connectivity index (χ1n) is 7.77. The molecule has 0 saturated heterocycles. The zero-order valence-corrected chi connectivity index (χ0v) is 15.3. The molecule has 2 heteroatoms. The molecule has 0 aromatic heterocycles. The van der Waals surface area contributed by atoms with E-state index in [1.54, 1.807) is 0 Å². The summed E-state index contributed by atoms with van der Waals surface area (Å²) in [6.45, 7) is 6.85. The summed E-state index contributed by atoms with van der Waals surface area (Å²) in [5, 5.41) is 5.02. The molecule has 0 bridgehead atoms. The minimum atomic E-state index is -2.24. The Morgan fingerprint density at radius 3 is 1.67 bits per heavy atom. The number of nitrogens with one attached hydrogen (secondary N) is 1. The number of fused-ring (bicyclic) bond motifs is 3. The average Bonchev–Trinajstić information content (AvgIpc) is 2.71. The Hall–Kier alpha value is -0.886. The molecule has 1 nitrogen and oxygen atoms in total. The van der Waals surface area contributed by atoms with Gasteiger partial charge in [0.1, 0.15) is 0 Å². The Morgan fingerprint density at radius 2 is 1.24 bits per heavy atom. The molecule has 1 aliphatic rings. The Kier molecular flexibility index (Phi) is 3.64. The van der Waals surface area contributed by atoms with Crippen LogP contribution in [0.3, 0.4) is 0 Å². The van der Waals surface area contributed by atoms with Gasteiger partial charge in [-0.25, -0.2) is 0 Å². The summed E-state index contributed by atoms with van der Waals surface area (Å²) in [5.41, 5.74) is 6.11. The van der Waals surface area contributed by atoms with Crippen LogP contribution >= 0.6 is 0 Å². The molecule has 21 heavy (non-hydrogen) atoms. The van der Waals surface area contributed by atoms with E-state index < -0.39 is 16.8 Å². The third-order valence-electron chi connectivity index (χ3n) is 4.25. The minimum absolute atomic E-state index is 0.177. The van der Waals surface area contributed by atoms with Gasteiger partial charge in [-0.15, -0.1) is 0 Å². The van der Waals surface area contributed by atoms with Crippen LogP contribution in [-0.4, -0.2) is 5.54 Å². The molecule has 0 spiro atoms. The van der Waals surface area contributed by atoms with Crippen LogP contribution in [0.25, 0.3) is 11.1 Å². The van der Waals surface area contributed by atoms with Crippen LogP contribution in [0.15, 0.2) is 48.5 Å². The third kappa shape index (κ3) is 2.75. The van der Waals surface area contributed by atoms with E-state index in [9.17, 15) is 0 Å². The molecule has 0 aliphatic heterocycles. The number of rotatable bonds is 2. The standard InChI is InChI=1S/C13H9.C4H10N.2CH3.Ti/c1-3-7-12-10(5-1)9-11-6-2-4-8-13(11)12;1-4(2,3)5;;;/h1-9H;5H,1-3H3;2*1H3;/q;-1;;;+1. The van der Waals surface area contributed by atoms with Gasteiger partial charge in [-0.1, -0.05) is 0 Å². The van der Waals surface area contributed by atoms with Crippen molar-refractivity contribution in [3.8, 4) is 11.1 Å². The summed E-state index contributed by atoms with van der Waals surface area (Å²) in [6.07, 6.45) is 0. The quantitative estimate of drug-likeness (QED) is 0.741. The van der Waals surface area contributed by atoms with E-state index in [0.29, 0.717) is 4.22 Å². The zero-order valence-electron chi connectivity index (χ0n) is 13.7. The molecular weight excluding hydrogens is 290 g/mol. The van der Waals surface area contributed by atoms with Crippen molar-refractivity contribution in [3.63, 3.8) is 0 Å². The summed E-state index contributed by atoms with van der Waals surface area (Å²) in [5.74, 6) is 0. The molecule has 2 aromatic carbocycles. The number of benzene rings is 2. The van der Waals surface area contributed by atoms with Gasteiger partial charge in [-0.3, -0.25) is 0 Å². The van der Waals surface area contributed by atoms with Gasteiger partial charge in [0.25, 0.3) is 0 Å². The number of hydrogen-bond donors (Lipinski definition) is 1. The van der Waals surface area contributed by atoms with Gasteiger partial charge in [-0.05, 0) is 0 Å². The molecule has 0 fully saturated rings. The van der Waals surface area contributed by atoms with Crippen molar-refractivity contribution in [3.05, 3.63) is 59.7 Å². The van der Waals surface area contributed by atoms with Gasteiger partial charge in [0.2, 0.25) is 0 Å². The predicted octanol–water partition coefficient (Wildman–Crippen LogP) is 5.31. The fraction of sp³-hybridized carbons (Fsp3) is 0.368. The van der Waals surface area contributed by atoms with Crippen LogP contribution in [0.5, 0.6) is 0 Å². The maximum absolute atomic E-state index is 4.01. The van der Waals surface area contributed by atoms with Crippen LogP contribution in [0.1, 0.15) is 36.1 Å². The SMILES string of the molecule is CC(C)(C)[NH][Ti]([CH3])([CH3])[CH]1c2ccccc2-c2ccccc21. The molecule has 0 saturated carbocycles. The van der Waals surface area contributed by atoms with Crippen molar-refractivity contribution in [1.29, 1.82) is 0 Å². The van der Waals surface area contributed by atoms with Crippen molar-refractivity contribution in [2.24, 2.45) is 0 Å². The van der Waals surface area contributed by atoms with Gasteiger partial charge in [0, 0.05) is 0 Å². The van der Waals surface area contributed by atoms with Crippen molar-refractivity contribution < 1.29 is 16.8 Å². The topological polar surface area (TPSA) is 12.0 Å². The van der Waals surface area contributed by atoms with Crippen LogP contribution in [-0.2, 0) is 16.8 Å². The van der Waals surface area contributed by atoms with Gasteiger partial charge in [0.05, 0.1) is 0 Å². The fourth-order valence-electron chi connectivity index (χ4n) is 3.97. The Labute approximate surface area is 132 Å². The summed E-state index contributed by atoms with van der Waals surface area (Å²) in [4.78, 5) is 0. The summed E-state index contributed by atoms with van der Waals surface area (Å²) in [6, 6.07) is 17.9. The average molecular weight is 315 g/mol. The Bertz CT molecular complexity index is 622. The summed E-state index contributed by atoms with van der Waals surface area (Å²) < 4.78 is 4.59. The van der Waals surface area contributed by atoms with Gasteiger partial charge >= 0.3 is 132 Å². The normalized spacial score (nSPS) is 14.9. The second kappa shape index (κ2) is 5.09. The van der Waals surface area contributed by atoms with Crippen molar-refractivity contribution in [1.82, 2.24) is 3.80 Å². The monoisotopic (exact) mass is 315 g/mol. The first-order valence-corrected chi connectivity index (χ1v) is 12.6. The molecular formula is C19H25NTi. The molecule has 0 radical (unpaired) electrons. The van der Waals surface area contributed by atoms with E-state index in [1.807, 2.05) is 0 Å². The van der Waals surface area contributed by atoms with Crippen molar-refractivity contribution in [2.75, 3.05) is 0 Å². The zero-order chi connectivity index (χ0) is 15.3. The molecule has 0 heterocycles. The Balaban J connectivity index is 2.15. The molecule has 1 N–H and O–H groups in total. The van der Waals surface area contributed by atoms with Gasteiger partial charge in [0.15, 0.2) is 0 Å². The summed E-state index contributed by atoms with van der Waals surface area (Å²) in [7, 11) is 0. The third-order valence-corrected chi connectivity index (χ3v) is 9.66. The predicted molar refractivity (Wildman–Crippen MR) is 88.3 cm³/mol. The molecule has 2 aromatic rings. The van der Waals surface area contributed by atoms with Gasteiger partial charge < -0.3 is 0 Å². The first-order chi connectivity index (χ1) is 9.80. The molecule has 0 unspecified atom stereocenters. The van der Waals surface area contributed by atoms with E-state index >= 15 is 0 Å². The van der Waals surface area contributed by atoms with Crippen LogP contribution in [0.2, 0.25) is 10.5 Å². The van der Waals surface area contributed by atoms with E-state index in [2.05, 4.69) is 83.6 Å². The van der Waals surface area contributed by atoms with Crippen LogP contribution < -0.4 is 3.80 Å². The second-order valence-corrected chi connectivity index (χ2v) is 14.4. The van der Waals surface area contributed by atoms with Gasteiger partial charge in [-0.2, -0.15) is 0 Å². The number of hydrogen-bond acceptors (Lipinski definition) is 1. The van der Waals surface area contributed by atoms with E-state index in [1.165, 1.54) is 22.3 Å². The van der Waals surface area contributed by atoms with Crippen molar-refractivity contribution in [2.45, 2.75) is 41.0 Å². The fourth-order valence-corrected chi connectivity index (χ4v) is 10.4.